The first-order chi connectivity index (χ1) is 8.31. The molecule has 0 radical (unpaired) electrons. The van der Waals surface area contributed by atoms with Gasteiger partial charge in [-0.2, -0.15) is 4.98 Å². The molecule has 0 atom stereocenters. The van der Waals surface area contributed by atoms with E-state index in [-0.39, 0.29) is 0 Å². The van der Waals surface area contributed by atoms with Gasteiger partial charge in [-0.3, -0.25) is 0 Å². The van der Waals surface area contributed by atoms with E-state index in [1.807, 2.05) is 0 Å². The number of piperidine rings is 1. The minimum absolute atomic E-state index is 0.577. The van der Waals surface area contributed by atoms with Crippen molar-refractivity contribution in [1.82, 2.24) is 15.0 Å². The molecule has 1 aliphatic heterocycles. The highest BCUT2D eigenvalue weighted by molar-refractivity contribution is 4.89. The maximum atomic E-state index is 5.46. The van der Waals surface area contributed by atoms with Crippen LogP contribution in [0.3, 0.4) is 0 Å². The molecule has 1 aliphatic rings. The van der Waals surface area contributed by atoms with Crippen molar-refractivity contribution in [2.24, 2.45) is 11.7 Å². The van der Waals surface area contributed by atoms with Gasteiger partial charge in [-0.25, -0.2) is 0 Å². The molecular formula is C12H22N4O. The Kier molecular flexibility index (Phi) is 4.50. The molecular weight excluding hydrogens is 216 g/mol. The van der Waals surface area contributed by atoms with Gasteiger partial charge in [0.25, 0.3) is 0 Å². The molecule has 1 saturated heterocycles. The number of nitrogens with zero attached hydrogens (tertiary/aromatic N) is 3. The average Bonchev–Trinajstić information content (AvgIpc) is 2.78. The topological polar surface area (TPSA) is 68.2 Å². The molecule has 5 nitrogen and oxygen atoms in total. The number of likely N-dealkylation sites (tertiary alicyclic amines) is 1. The second-order valence-corrected chi connectivity index (χ2v) is 4.72. The lowest BCUT2D eigenvalue weighted by Crippen LogP contribution is -2.34. The fraction of sp³-hybridized carbons (Fsp3) is 0.833. The molecule has 2 N–H and O–H groups in total. The maximum absolute atomic E-state index is 5.46. The van der Waals surface area contributed by atoms with Crippen LogP contribution >= 0.6 is 0 Å². The largest absolute Gasteiger partial charge is 0.339 e. The van der Waals surface area contributed by atoms with Crippen LogP contribution in [0.4, 0.5) is 0 Å². The first kappa shape index (κ1) is 12.5. The SMILES string of the molecule is CCN1CCC(Cc2nc(CCN)no2)CC1. The van der Waals surface area contributed by atoms with Gasteiger partial charge in [0.05, 0.1) is 0 Å². The van der Waals surface area contributed by atoms with Crippen LogP contribution < -0.4 is 5.73 Å². The Morgan fingerprint density at radius 2 is 2.18 bits per heavy atom. The molecule has 0 bridgehead atoms. The summed E-state index contributed by atoms with van der Waals surface area (Å²) in [5.41, 5.74) is 5.46. The molecule has 1 aromatic rings. The van der Waals surface area contributed by atoms with Crippen molar-refractivity contribution in [3.8, 4) is 0 Å². The fourth-order valence-corrected chi connectivity index (χ4v) is 2.36. The van der Waals surface area contributed by atoms with Gasteiger partial charge in [-0.05, 0) is 44.9 Å². The third kappa shape index (κ3) is 3.51. The van der Waals surface area contributed by atoms with Gasteiger partial charge in [0.2, 0.25) is 5.89 Å². The third-order valence-electron chi connectivity index (χ3n) is 3.50. The molecule has 1 aromatic heterocycles. The van der Waals surface area contributed by atoms with Crippen molar-refractivity contribution in [1.29, 1.82) is 0 Å². The summed E-state index contributed by atoms with van der Waals surface area (Å²) in [6.45, 7) is 6.36. The van der Waals surface area contributed by atoms with Crippen LogP contribution in [0.2, 0.25) is 0 Å². The second-order valence-electron chi connectivity index (χ2n) is 4.72. The van der Waals surface area contributed by atoms with Gasteiger partial charge in [0.15, 0.2) is 5.82 Å². The van der Waals surface area contributed by atoms with Crippen LogP contribution in [0, 0.1) is 5.92 Å². The molecule has 17 heavy (non-hydrogen) atoms. The van der Waals surface area contributed by atoms with Gasteiger partial charge in [0, 0.05) is 12.8 Å². The van der Waals surface area contributed by atoms with Gasteiger partial charge in [0.1, 0.15) is 0 Å². The maximum Gasteiger partial charge on any atom is 0.226 e. The molecule has 1 fully saturated rings. The normalized spacial score (nSPS) is 18.7. The van der Waals surface area contributed by atoms with Crippen molar-refractivity contribution in [2.75, 3.05) is 26.2 Å². The molecule has 96 valence electrons. The zero-order valence-electron chi connectivity index (χ0n) is 10.6. The molecule has 0 spiro atoms. The molecule has 2 heterocycles. The lowest BCUT2D eigenvalue weighted by molar-refractivity contribution is 0.185. The summed E-state index contributed by atoms with van der Waals surface area (Å²) < 4.78 is 5.24. The van der Waals surface area contributed by atoms with Gasteiger partial charge in [-0.1, -0.05) is 12.1 Å². The van der Waals surface area contributed by atoms with Gasteiger partial charge >= 0.3 is 0 Å². The molecule has 0 saturated carbocycles. The van der Waals surface area contributed by atoms with E-state index in [0.717, 1.165) is 24.7 Å². The highest BCUT2D eigenvalue weighted by atomic mass is 16.5. The standard InChI is InChI=1S/C12H22N4O/c1-2-16-7-4-10(5-8-16)9-12-14-11(3-6-13)15-17-12/h10H,2-9,13H2,1H3. The number of aromatic nitrogens is 2. The Morgan fingerprint density at radius 1 is 1.41 bits per heavy atom. The Balaban J connectivity index is 1.80. The number of hydrogen-bond acceptors (Lipinski definition) is 5. The average molecular weight is 238 g/mol. The number of nitrogens with two attached hydrogens (primary N) is 1. The molecule has 0 unspecified atom stereocenters. The van der Waals surface area contributed by atoms with Gasteiger partial charge in [-0.15, -0.1) is 0 Å². The summed E-state index contributed by atoms with van der Waals surface area (Å²) in [5.74, 6) is 2.22. The lowest BCUT2D eigenvalue weighted by atomic mass is 9.93. The monoisotopic (exact) mass is 238 g/mol. The van der Waals surface area contributed by atoms with Crippen LogP contribution in [0.25, 0.3) is 0 Å². The highest BCUT2D eigenvalue weighted by Crippen LogP contribution is 2.20. The molecule has 5 heteroatoms. The minimum Gasteiger partial charge on any atom is -0.339 e. The van der Waals surface area contributed by atoms with Crippen LogP contribution in [0.1, 0.15) is 31.5 Å². The first-order valence-corrected chi connectivity index (χ1v) is 6.55. The fourth-order valence-electron chi connectivity index (χ4n) is 2.36. The summed E-state index contributed by atoms with van der Waals surface area (Å²) in [6.07, 6.45) is 4.11. The molecule has 2 rings (SSSR count). The molecule has 0 amide bonds. The van der Waals surface area contributed by atoms with Crippen LogP contribution in [0.5, 0.6) is 0 Å². The van der Waals surface area contributed by atoms with Crippen molar-refractivity contribution in [3.63, 3.8) is 0 Å². The summed E-state index contributed by atoms with van der Waals surface area (Å²) >= 11 is 0. The van der Waals surface area contributed by atoms with Crippen molar-refractivity contribution < 1.29 is 4.52 Å². The van der Waals surface area contributed by atoms with Crippen LogP contribution in [-0.2, 0) is 12.8 Å². The Bertz CT molecular complexity index is 331. The number of rotatable bonds is 5. The van der Waals surface area contributed by atoms with Crippen molar-refractivity contribution in [2.45, 2.75) is 32.6 Å². The van der Waals surface area contributed by atoms with E-state index in [0.29, 0.717) is 18.9 Å². The lowest BCUT2D eigenvalue weighted by Gasteiger charge is -2.30. The van der Waals surface area contributed by atoms with Crippen molar-refractivity contribution in [3.05, 3.63) is 11.7 Å². The first-order valence-electron chi connectivity index (χ1n) is 6.55. The van der Waals surface area contributed by atoms with Crippen molar-refractivity contribution >= 4 is 0 Å². The third-order valence-corrected chi connectivity index (χ3v) is 3.50. The summed E-state index contributed by atoms with van der Waals surface area (Å²) in [5, 5.41) is 3.93. The van der Waals surface area contributed by atoms with Crippen LogP contribution in [-0.4, -0.2) is 41.2 Å². The van der Waals surface area contributed by atoms with E-state index in [4.69, 9.17) is 10.3 Å². The summed E-state index contributed by atoms with van der Waals surface area (Å²) in [6, 6.07) is 0. The molecule has 0 aliphatic carbocycles. The summed E-state index contributed by atoms with van der Waals surface area (Å²) in [4.78, 5) is 6.85. The predicted molar refractivity (Wildman–Crippen MR) is 65.6 cm³/mol. The second kappa shape index (κ2) is 6.12. The highest BCUT2D eigenvalue weighted by Gasteiger charge is 2.20. The van der Waals surface area contributed by atoms with E-state index in [1.165, 1.54) is 25.9 Å². The number of hydrogen-bond donors (Lipinski definition) is 1. The summed E-state index contributed by atoms with van der Waals surface area (Å²) in [7, 11) is 0. The Labute approximate surface area is 102 Å². The van der Waals surface area contributed by atoms with E-state index in [9.17, 15) is 0 Å². The zero-order valence-corrected chi connectivity index (χ0v) is 10.6. The Hall–Kier alpha value is -0.940. The van der Waals surface area contributed by atoms with E-state index in [2.05, 4.69) is 22.0 Å². The zero-order chi connectivity index (χ0) is 12.1. The van der Waals surface area contributed by atoms with E-state index < -0.39 is 0 Å². The smallest absolute Gasteiger partial charge is 0.226 e. The molecule has 0 aromatic carbocycles. The minimum atomic E-state index is 0.577. The quantitative estimate of drug-likeness (QED) is 0.823. The predicted octanol–water partition coefficient (Wildman–Crippen LogP) is 0.845. The van der Waals surface area contributed by atoms with E-state index >= 15 is 0 Å². The Morgan fingerprint density at radius 3 is 2.82 bits per heavy atom. The van der Waals surface area contributed by atoms with E-state index in [1.54, 1.807) is 0 Å². The van der Waals surface area contributed by atoms with Crippen LogP contribution in [0.15, 0.2) is 4.52 Å². The van der Waals surface area contributed by atoms with Gasteiger partial charge < -0.3 is 15.2 Å².